The summed E-state index contributed by atoms with van der Waals surface area (Å²) >= 11 is 5.79. The van der Waals surface area contributed by atoms with E-state index >= 15 is 0 Å². The van der Waals surface area contributed by atoms with E-state index in [0.717, 1.165) is 0 Å². The van der Waals surface area contributed by atoms with Gasteiger partial charge in [0.25, 0.3) is 0 Å². The lowest BCUT2D eigenvalue weighted by atomic mass is 9.98. The van der Waals surface area contributed by atoms with Crippen LogP contribution in [0, 0.1) is 5.82 Å². The van der Waals surface area contributed by atoms with E-state index in [1.807, 2.05) is 0 Å². The third-order valence-corrected chi connectivity index (χ3v) is 4.44. The second kappa shape index (κ2) is 8.14. The highest BCUT2D eigenvalue weighted by atomic mass is 35.5. The molecule has 5 nitrogen and oxygen atoms in total. The maximum atomic E-state index is 13.3. The third-order valence-electron chi connectivity index (χ3n) is 4.15. The van der Waals surface area contributed by atoms with Gasteiger partial charge in [0.15, 0.2) is 0 Å². The summed E-state index contributed by atoms with van der Waals surface area (Å²) in [4.78, 5) is 8.09. The van der Waals surface area contributed by atoms with Gasteiger partial charge in [-0.15, -0.1) is 0 Å². The highest BCUT2D eigenvalue weighted by Crippen LogP contribution is 2.27. The second-order valence-corrected chi connectivity index (χ2v) is 6.56. The van der Waals surface area contributed by atoms with Crippen LogP contribution in [0.3, 0.4) is 0 Å². The highest BCUT2D eigenvalue weighted by molar-refractivity contribution is 6.30. The minimum atomic E-state index is -4.27. The Morgan fingerprint density at radius 2 is 2.07 bits per heavy atom. The molecule has 2 heterocycles. The van der Waals surface area contributed by atoms with Crippen molar-refractivity contribution in [1.82, 2.24) is 4.98 Å². The summed E-state index contributed by atoms with van der Waals surface area (Å²) in [5.74, 6) is 0.254. The maximum Gasteiger partial charge on any atom is 0.390 e. The fourth-order valence-electron chi connectivity index (χ4n) is 2.84. The quantitative estimate of drug-likeness (QED) is 0.325. The van der Waals surface area contributed by atoms with Crippen LogP contribution in [0.25, 0.3) is 0 Å². The van der Waals surface area contributed by atoms with Gasteiger partial charge in [-0.1, -0.05) is 22.8 Å². The number of alkyl halides is 3. The molecule has 0 atom stereocenters. The van der Waals surface area contributed by atoms with Crippen LogP contribution in [0.15, 0.2) is 40.6 Å². The van der Waals surface area contributed by atoms with Gasteiger partial charge in [0.2, 0.25) is 0 Å². The highest BCUT2D eigenvalue weighted by Gasteiger charge is 2.27. The molecule has 1 aromatic heterocycles. The molecule has 2 aromatic rings. The molecular weight excluding hydrogens is 400 g/mol. The van der Waals surface area contributed by atoms with Gasteiger partial charge in [-0.25, -0.2) is 9.37 Å². The monoisotopic (exact) mass is 414 g/mol. The lowest BCUT2D eigenvalue weighted by Gasteiger charge is -2.09. The van der Waals surface area contributed by atoms with Gasteiger partial charge in [0.05, 0.1) is 17.2 Å². The van der Waals surface area contributed by atoms with Crippen LogP contribution in [-0.4, -0.2) is 34.5 Å². The topological polar surface area (TPSA) is 69.9 Å². The largest absolute Gasteiger partial charge is 0.411 e. The first-order valence-corrected chi connectivity index (χ1v) is 8.65. The zero-order chi connectivity index (χ0) is 20.3. The molecule has 0 fully saturated rings. The number of pyridine rings is 1. The molecule has 148 valence electrons. The van der Waals surface area contributed by atoms with Gasteiger partial charge in [-0.3, -0.25) is 4.99 Å². The molecular formula is C18H15ClF4N4O. The standard InChI is InChI=1S/C18H15ClF4N4O/c19-13-7-10(1-2-14(13)20)8-15(27-28)11-3-5-25-17-12(11)9-16(26-17)24-6-4-18(21,22)23/h1-3,5,7,28H,4,6,8-9H2,(H,24,25,26)/b27-15+. The number of hydrogen-bond donors (Lipinski definition) is 2. The minimum absolute atomic E-state index is 0.0458. The average Bonchev–Trinajstić information content (AvgIpc) is 3.04. The van der Waals surface area contributed by atoms with Gasteiger partial charge in [-0.2, -0.15) is 13.2 Å². The Bertz CT molecular complexity index is 944. The molecule has 0 spiro atoms. The van der Waals surface area contributed by atoms with Crippen molar-refractivity contribution in [3.05, 3.63) is 58.0 Å². The summed E-state index contributed by atoms with van der Waals surface area (Å²) in [7, 11) is 0. The predicted octanol–water partition coefficient (Wildman–Crippen LogP) is 4.61. The van der Waals surface area contributed by atoms with Gasteiger partial charge < -0.3 is 10.5 Å². The Balaban J connectivity index is 1.80. The molecule has 1 aliphatic rings. The molecule has 0 unspecified atom stereocenters. The number of fused-ring (bicyclic) bond motifs is 1. The van der Waals surface area contributed by atoms with Gasteiger partial charge >= 0.3 is 6.18 Å². The summed E-state index contributed by atoms with van der Waals surface area (Å²) < 4.78 is 50.2. The Hall–Kier alpha value is -2.68. The molecule has 0 saturated carbocycles. The van der Waals surface area contributed by atoms with E-state index in [2.05, 4.69) is 20.4 Å². The summed E-state index contributed by atoms with van der Waals surface area (Å²) in [5, 5.41) is 15.7. The normalized spacial score (nSPS) is 15.6. The van der Waals surface area contributed by atoms with Crippen LogP contribution in [0.4, 0.5) is 23.4 Å². The molecule has 1 aliphatic heterocycles. The lowest BCUT2D eigenvalue weighted by molar-refractivity contribution is -0.132. The molecule has 0 aliphatic carbocycles. The number of amidine groups is 1. The predicted molar refractivity (Wildman–Crippen MR) is 98.0 cm³/mol. The second-order valence-electron chi connectivity index (χ2n) is 6.15. The number of hydrogen-bond acceptors (Lipinski definition) is 4. The van der Waals surface area contributed by atoms with Crippen molar-refractivity contribution in [2.45, 2.75) is 25.4 Å². The molecule has 0 bridgehead atoms. The van der Waals surface area contributed by atoms with Gasteiger partial charge in [0.1, 0.15) is 17.5 Å². The Morgan fingerprint density at radius 3 is 2.75 bits per heavy atom. The number of oxime groups is 1. The molecule has 28 heavy (non-hydrogen) atoms. The van der Waals surface area contributed by atoms with Crippen molar-refractivity contribution in [2.75, 3.05) is 11.9 Å². The number of benzene rings is 1. The SMILES string of the molecule is O/N=C(\Cc1ccc(F)c(Cl)c1)c1ccnc2c1CC(=NCCC(F)(F)F)N2. The summed E-state index contributed by atoms with van der Waals surface area (Å²) in [6, 6.07) is 5.82. The lowest BCUT2D eigenvalue weighted by Crippen LogP contribution is -2.12. The fourth-order valence-corrected chi connectivity index (χ4v) is 3.04. The molecule has 1 aromatic carbocycles. The molecule has 2 N–H and O–H groups in total. The number of nitrogens with zero attached hydrogens (tertiary/aromatic N) is 3. The first-order chi connectivity index (χ1) is 13.3. The number of halogens is 5. The number of rotatable bonds is 5. The van der Waals surface area contributed by atoms with Crippen LogP contribution in [0.2, 0.25) is 5.02 Å². The number of aliphatic imine (C=N–C) groups is 1. The Labute approximate surface area is 162 Å². The average molecular weight is 415 g/mol. The zero-order valence-corrected chi connectivity index (χ0v) is 15.1. The molecule has 0 amide bonds. The number of aromatic nitrogens is 1. The summed E-state index contributed by atoms with van der Waals surface area (Å²) in [6.45, 7) is -0.385. The van der Waals surface area contributed by atoms with E-state index in [-0.39, 0.29) is 24.4 Å². The third kappa shape index (κ3) is 4.78. The van der Waals surface area contributed by atoms with Crippen molar-refractivity contribution in [3.8, 4) is 0 Å². The van der Waals surface area contributed by atoms with Crippen molar-refractivity contribution in [2.24, 2.45) is 10.1 Å². The van der Waals surface area contributed by atoms with Crippen LogP contribution < -0.4 is 5.32 Å². The summed E-state index contributed by atoms with van der Waals surface area (Å²) in [6.07, 6.45) is -3.38. The molecule has 3 rings (SSSR count). The van der Waals surface area contributed by atoms with Crippen LogP contribution >= 0.6 is 11.6 Å². The van der Waals surface area contributed by atoms with E-state index in [0.29, 0.717) is 34.1 Å². The van der Waals surface area contributed by atoms with Gasteiger partial charge in [0, 0.05) is 36.7 Å². The summed E-state index contributed by atoms with van der Waals surface area (Å²) in [5.41, 5.74) is 2.16. The Morgan fingerprint density at radius 1 is 1.29 bits per heavy atom. The van der Waals surface area contributed by atoms with Crippen LogP contribution in [0.5, 0.6) is 0 Å². The maximum absolute atomic E-state index is 13.3. The van der Waals surface area contributed by atoms with Crippen molar-refractivity contribution >= 4 is 29.0 Å². The zero-order valence-electron chi connectivity index (χ0n) is 14.4. The smallest absolute Gasteiger partial charge is 0.390 e. The van der Waals surface area contributed by atoms with E-state index in [9.17, 15) is 22.8 Å². The van der Waals surface area contributed by atoms with E-state index in [4.69, 9.17) is 11.6 Å². The minimum Gasteiger partial charge on any atom is -0.411 e. The first kappa shape index (κ1) is 20.1. The number of nitrogens with one attached hydrogen (secondary N) is 1. The molecule has 10 heteroatoms. The van der Waals surface area contributed by atoms with Crippen LogP contribution in [-0.2, 0) is 12.8 Å². The number of anilines is 1. The molecule has 0 saturated heterocycles. The fraction of sp³-hybridized carbons (Fsp3) is 0.278. The van der Waals surface area contributed by atoms with Crippen molar-refractivity contribution in [1.29, 1.82) is 0 Å². The van der Waals surface area contributed by atoms with Gasteiger partial charge in [-0.05, 0) is 23.8 Å². The van der Waals surface area contributed by atoms with Crippen molar-refractivity contribution < 1.29 is 22.8 Å². The first-order valence-electron chi connectivity index (χ1n) is 8.27. The van der Waals surface area contributed by atoms with E-state index < -0.39 is 18.4 Å². The van der Waals surface area contributed by atoms with E-state index in [1.54, 1.807) is 6.07 Å². The molecule has 0 radical (unpaired) electrons. The van der Waals surface area contributed by atoms with Crippen LogP contribution in [0.1, 0.15) is 23.1 Å². The van der Waals surface area contributed by atoms with Crippen molar-refractivity contribution in [3.63, 3.8) is 0 Å². The Kier molecular flexibility index (Phi) is 5.83. The van der Waals surface area contributed by atoms with E-state index in [1.165, 1.54) is 24.4 Å².